The summed E-state index contributed by atoms with van der Waals surface area (Å²) in [6.45, 7) is 10.8. The van der Waals surface area contributed by atoms with Crippen LogP contribution in [0.25, 0.3) is 0 Å². The number of ether oxygens (including phenoxy) is 2. The summed E-state index contributed by atoms with van der Waals surface area (Å²) in [5, 5.41) is 3.43. The molecular weight excluding hydrogens is 466 g/mol. The molecule has 1 heterocycles. The van der Waals surface area contributed by atoms with Crippen molar-refractivity contribution < 1.29 is 19.1 Å². The van der Waals surface area contributed by atoms with Crippen molar-refractivity contribution in [1.29, 1.82) is 0 Å². The van der Waals surface area contributed by atoms with E-state index in [9.17, 15) is 9.59 Å². The fourth-order valence-corrected chi connectivity index (χ4v) is 5.08. The molecule has 202 valence electrons. The number of para-hydroxylation sites is 1. The molecular formula is C30H43N3O4. The van der Waals surface area contributed by atoms with Gasteiger partial charge in [-0.1, -0.05) is 69.3 Å². The van der Waals surface area contributed by atoms with Crippen LogP contribution in [0.4, 0.5) is 4.79 Å². The molecule has 37 heavy (non-hydrogen) atoms. The molecule has 0 bridgehead atoms. The number of rotatable bonds is 14. The number of hydrogen-bond donors (Lipinski definition) is 1. The summed E-state index contributed by atoms with van der Waals surface area (Å²) < 4.78 is 11.7. The zero-order valence-electron chi connectivity index (χ0n) is 23.0. The van der Waals surface area contributed by atoms with Gasteiger partial charge in [-0.15, -0.1) is 0 Å². The maximum atomic E-state index is 13.9. The number of hydrogen-bond acceptors (Lipinski definition) is 5. The predicted octanol–water partition coefficient (Wildman–Crippen LogP) is 5.76. The van der Waals surface area contributed by atoms with Gasteiger partial charge in [-0.25, -0.2) is 9.69 Å². The molecule has 0 radical (unpaired) electrons. The fraction of sp³-hybridized carbons (Fsp3) is 0.533. The number of carbonyl (C=O) groups is 2. The molecule has 1 saturated heterocycles. The molecule has 1 N–H and O–H groups in total. The van der Waals surface area contributed by atoms with E-state index in [1.54, 1.807) is 12.0 Å². The number of likely N-dealkylation sites (tertiary alicyclic amines) is 1. The number of nitrogens with one attached hydrogen (secondary N) is 1. The average molecular weight is 510 g/mol. The van der Waals surface area contributed by atoms with Crippen LogP contribution in [0.3, 0.4) is 0 Å². The van der Waals surface area contributed by atoms with Crippen molar-refractivity contribution in [2.75, 3.05) is 26.8 Å². The lowest BCUT2D eigenvalue weighted by atomic mass is 9.72. The monoisotopic (exact) mass is 509 g/mol. The molecule has 0 aromatic heterocycles. The van der Waals surface area contributed by atoms with Crippen LogP contribution < -0.4 is 10.1 Å². The Hall–Kier alpha value is -2.90. The van der Waals surface area contributed by atoms with Gasteiger partial charge in [0.2, 0.25) is 5.91 Å². The van der Waals surface area contributed by atoms with Gasteiger partial charge in [0, 0.05) is 32.4 Å². The maximum Gasteiger partial charge on any atom is 0.330 e. The summed E-state index contributed by atoms with van der Waals surface area (Å²) in [4.78, 5) is 30.7. The van der Waals surface area contributed by atoms with Crippen molar-refractivity contribution in [3.05, 3.63) is 65.7 Å². The van der Waals surface area contributed by atoms with Gasteiger partial charge in [0.05, 0.1) is 6.04 Å². The largest absolute Gasteiger partial charge is 0.468 e. The number of urea groups is 1. The maximum absolute atomic E-state index is 13.9. The van der Waals surface area contributed by atoms with Crippen molar-refractivity contribution >= 4 is 11.9 Å². The van der Waals surface area contributed by atoms with Gasteiger partial charge in [-0.3, -0.25) is 4.79 Å². The van der Waals surface area contributed by atoms with Crippen molar-refractivity contribution in [2.45, 2.75) is 72.2 Å². The molecule has 7 nitrogen and oxygen atoms in total. The van der Waals surface area contributed by atoms with Gasteiger partial charge >= 0.3 is 6.03 Å². The van der Waals surface area contributed by atoms with Crippen LogP contribution in [0.1, 0.15) is 70.5 Å². The third-order valence-corrected chi connectivity index (χ3v) is 7.51. The Morgan fingerprint density at radius 1 is 1.08 bits per heavy atom. The van der Waals surface area contributed by atoms with Gasteiger partial charge in [0.15, 0.2) is 6.23 Å². The SMILES string of the molecule is CCCN(C(=O)N1C(=O)C(CC)(CC)[C@@H]1Oc1ccccc1CNCCCOC)[C@H](C)c1ccccc1. The molecule has 3 amide bonds. The molecule has 3 rings (SSSR count). The molecule has 0 unspecified atom stereocenters. The molecule has 2 atom stereocenters. The molecule has 0 spiro atoms. The van der Waals surface area contributed by atoms with Crippen LogP contribution >= 0.6 is 0 Å². The van der Waals surface area contributed by atoms with Gasteiger partial charge in [-0.05, 0) is 50.8 Å². The Morgan fingerprint density at radius 2 is 1.76 bits per heavy atom. The van der Waals surface area contributed by atoms with E-state index in [4.69, 9.17) is 9.47 Å². The third-order valence-electron chi connectivity index (χ3n) is 7.51. The van der Waals surface area contributed by atoms with E-state index >= 15 is 0 Å². The Bertz CT molecular complexity index is 1010. The molecule has 7 heteroatoms. The number of carbonyl (C=O) groups excluding carboxylic acids is 2. The normalized spacial score (nSPS) is 17.3. The zero-order valence-corrected chi connectivity index (χ0v) is 23.0. The number of nitrogens with zero attached hydrogens (tertiary/aromatic N) is 2. The summed E-state index contributed by atoms with van der Waals surface area (Å²) in [5.41, 5.74) is 1.32. The van der Waals surface area contributed by atoms with Crippen LogP contribution in [0.2, 0.25) is 0 Å². The quantitative estimate of drug-likeness (QED) is 0.259. The molecule has 1 fully saturated rings. The molecule has 0 saturated carbocycles. The number of benzene rings is 2. The average Bonchev–Trinajstić information content (AvgIpc) is 2.93. The summed E-state index contributed by atoms with van der Waals surface area (Å²) in [7, 11) is 1.70. The summed E-state index contributed by atoms with van der Waals surface area (Å²) in [6.07, 6.45) is 2.27. The highest BCUT2D eigenvalue weighted by Crippen LogP contribution is 2.47. The first-order valence-corrected chi connectivity index (χ1v) is 13.6. The number of amides is 3. The van der Waals surface area contributed by atoms with Crippen molar-refractivity contribution in [3.63, 3.8) is 0 Å². The number of imide groups is 1. The first-order valence-electron chi connectivity index (χ1n) is 13.6. The number of methoxy groups -OCH3 is 1. The Morgan fingerprint density at radius 3 is 2.41 bits per heavy atom. The minimum Gasteiger partial charge on any atom is -0.468 e. The lowest BCUT2D eigenvalue weighted by Crippen LogP contribution is -2.74. The van der Waals surface area contributed by atoms with E-state index in [1.807, 2.05) is 82.3 Å². The second kappa shape index (κ2) is 13.6. The van der Waals surface area contributed by atoms with E-state index < -0.39 is 11.6 Å². The topological polar surface area (TPSA) is 71.1 Å². The van der Waals surface area contributed by atoms with Crippen LogP contribution in [0, 0.1) is 5.41 Å². The Labute approximate surface area is 222 Å². The highest BCUT2D eigenvalue weighted by atomic mass is 16.5. The highest BCUT2D eigenvalue weighted by molar-refractivity contribution is 6.03. The van der Waals surface area contributed by atoms with Gasteiger partial charge in [0.1, 0.15) is 11.2 Å². The lowest BCUT2D eigenvalue weighted by molar-refractivity contribution is -0.192. The van der Waals surface area contributed by atoms with Crippen LogP contribution in [-0.2, 0) is 16.1 Å². The molecule has 2 aromatic rings. The van der Waals surface area contributed by atoms with Crippen molar-refractivity contribution in [2.24, 2.45) is 5.41 Å². The zero-order chi connectivity index (χ0) is 26.8. The van der Waals surface area contributed by atoms with Gasteiger partial charge in [0.25, 0.3) is 0 Å². The van der Waals surface area contributed by atoms with Gasteiger partial charge < -0.3 is 19.7 Å². The summed E-state index contributed by atoms with van der Waals surface area (Å²) >= 11 is 0. The number of β-lactam (4-membered cyclic amide) rings is 1. The predicted molar refractivity (Wildman–Crippen MR) is 146 cm³/mol. The molecule has 0 aliphatic carbocycles. The smallest absolute Gasteiger partial charge is 0.330 e. The second-order valence-corrected chi connectivity index (χ2v) is 9.70. The van der Waals surface area contributed by atoms with E-state index in [1.165, 1.54) is 4.90 Å². The van der Waals surface area contributed by atoms with E-state index in [-0.39, 0.29) is 18.0 Å². The first-order chi connectivity index (χ1) is 17.9. The minimum absolute atomic E-state index is 0.149. The molecule has 1 aliphatic rings. The molecule has 1 aliphatic heterocycles. The second-order valence-electron chi connectivity index (χ2n) is 9.70. The van der Waals surface area contributed by atoms with Crippen LogP contribution in [0.5, 0.6) is 5.75 Å². The lowest BCUT2D eigenvalue weighted by Gasteiger charge is -2.54. The van der Waals surface area contributed by atoms with Crippen LogP contribution in [-0.4, -0.2) is 54.8 Å². The van der Waals surface area contributed by atoms with E-state index in [0.717, 1.165) is 30.5 Å². The Kier molecular flexibility index (Phi) is 10.5. The first kappa shape index (κ1) is 28.7. The third kappa shape index (κ3) is 6.16. The van der Waals surface area contributed by atoms with Gasteiger partial charge in [-0.2, -0.15) is 0 Å². The summed E-state index contributed by atoms with van der Waals surface area (Å²) in [5.74, 6) is 0.547. The standard InChI is InChI=1S/C30H43N3O4/c1-6-20-32(23(4)24-15-10-9-11-16-24)29(35)33-27(34)30(7-2,8-3)28(33)37-26-18-13-12-17-25(26)22-31-19-14-21-36-5/h9-13,15-18,23,28,31H,6-8,14,19-22H2,1-5H3/t23-,28+/m1/s1. The Balaban J connectivity index is 1.86. The molecule has 2 aromatic carbocycles. The minimum atomic E-state index is -0.720. The summed E-state index contributed by atoms with van der Waals surface area (Å²) in [6, 6.07) is 17.3. The van der Waals surface area contributed by atoms with Crippen LogP contribution in [0.15, 0.2) is 54.6 Å². The fourth-order valence-electron chi connectivity index (χ4n) is 5.08. The van der Waals surface area contributed by atoms with Crippen molar-refractivity contribution in [1.82, 2.24) is 15.1 Å². The highest BCUT2D eigenvalue weighted by Gasteiger charge is 2.63. The van der Waals surface area contributed by atoms with E-state index in [0.29, 0.717) is 38.3 Å². The van der Waals surface area contributed by atoms with E-state index in [2.05, 4.69) is 5.32 Å². The van der Waals surface area contributed by atoms with Crippen molar-refractivity contribution in [3.8, 4) is 5.75 Å².